The van der Waals surface area contributed by atoms with Gasteiger partial charge in [0.25, 0.3) is 5.91 Å². The Bertz CT molecular complexity index is 1590. The number of aromatic nitrogens is 6. The largest absolute Gasteiger partial charge is 0.382 e. The van der Waals surface area contributed by atoms with Crippen LogP contribution in [0.2, 0.25) is 0 Å². The van der Waals surface area contributed by atoms with Gasteiger partial charge in [-0.2, -0.15) is 5.10 Å². The van der Waals surface area contributed by atoms with Crippen molar-refractivity contribution >= 4 is 17.4 Å². The Kier molecular flexibility index (Phi) is 5.69. The fourth-order valence-electron chi connectivity index (χ4n) is 3.86. The molecule has 0 aliphatic rings. The van der Waals surface area contributed by atoms with E-state index in [4.69, 9.17) is 10.7 Å². The van der Waals surface area contributed by atoms with E-state index < -0.39 is 11.9 Å². The van der Waals surface area contributed by atoms with E-state index in [1.165, 1.54) is 12.4 Å². The number of hydrogen-bond acceptors (Lipinski definition) is 6. The molecule has 35 heavy (non-hydrogen) atoms. The van der Waals surface area contributed by atoms with Crippen molar-refractivity contribution in [3.8, 4) is 23.1 Å². The highest BCUT2D eigenvalue weighted by molar-refractivity contribution is 5.96. The van der Waals surface area contributed by atoms with Gasteiger partial charge in [0.1, 0.15) is 5.65 Å². The molecule has 4 heterocycles. The first-order valence-corrected chi connectivity index (χ1v) is 11.0. The summed E-state index contributed by atoms with van der Waals surface area (Å²) in [6.07, 6.45) is 6.46. The zero-order valence-corrected chi connectivity index (χ0v) is 19.2. The fourth-order valence-corrected chi connectivity index (χ4v) is 3.86. The smallest absolute Gasteiger partial charge is 0.274 e. The highest BCUT2D eigenvalue weighted by atomic mass is 16.2. The van der Waals surface area contributed by atoms with Crippen molar-refractivity contribution in [1.29, 1.82) is 0 Å². The SMILES string of the molecule is C[C@H](NC(=O)c1nccnc1N)c1nc2cccc(C#Cc3cnn(C)c3)n2c1-c1ccccc1. The molecule has 1 amide bonds. The van der Waals surface area contributed by atoms with Crippen LogP contribution in [0, 0.1) is 11.8 Å². The average Bonchev–Trinajstić information content (AvgIpc) is 3.47. The summed E-state index contributed by atoms with van der Waals surface area (Å²) in [7, 11) is 1.85. The van der Waals surface area contributed by atoms with Crippen LogP contribution in [-0.4, -0.2) is 35.0 Å². The molecule has 9 nitrogen and oxygen atoms in total. The van der Waals surface area contributed by atoms with Crippen LogP contribution in [0.15, 0.2) is 73.3 Å². The maximum atomic E-state index is 12.9. The number of nitrogen functional groups attached to an aromatic ring is 1. The number of hydrogen-bond donors (Lipinski definition) is 2. The lowest BCUT2D eigenvalue weighted by atomic mass is 10.1. The second kappa shape index (κ2) is 9.11. The molecule has 0 unspecified atom stereocenters. The van der Waals surface area contributed by atoms with Gasteiger partial charge >= 0.3 is 0 Å². The zero-order valence-electron chi connectivity index (χ0n) is 19.2. The molecule has 4 aromatic heterocycles. The zero-order chi connectivity index (χ0) is 24.4. The predicted octanol–water partition coefficient (Wildman–Crippen LogP) is 3.00. The Morgan fingerprint density at radius 1 is 1.06 bits per heavy atom. The number of fused-ring (bicyclic) bond motifs is 1. The number of nitrogens with zero attached hydrogens (tertiary/aromatic N) is 6. The number of benzene rings is 1. The van der Waals surface area contributed by atoms with Gasteiger partial charge in [-0.05, 0) is 25.0 Å². The molecule has 1 aromatic carbocycles. The van der Waals surface area contributed by atoms with Gasteiger partial charge < -0.3 is 11.1 Å². The average molecular weight is 463 g/mol. The van der Waals surface area contributed by atoms with Crippen molar-refractivity contribution < 1.29 is 4.79 Å². The Morgan fingerprint density at radius 2 is 1.86 bits per heavy atom. The highest BCUT2D eigenvalue weighted by Gasteiger charge is 2.23. The number of imidazole rings is 1. The third kappa shape index (κ3) is 4.32. The molecule has 0 saturated heterocycles. The van der Waals surface area contributed by atoms with Crippen molar-refractivity contribution in [3.63, 3.8) is 0 Å². The van der Waals surface area contributed by atoms with E-state index in [9.17, 15) is 4.79 Å². The van der Waals surface area contributed by atoms with Crippen LogP contribution in [0.5, 0.6) is 0 Å². The van der Waals surface area contributed by atoms with Crippen LogP contribution in [0.25, 0.3) is 16.9 Å². The quantitative estimate of drug-likeness (QED) is 0.397. The number of nitrogens with one attached hydrogen (secondary N) is 1. The minimum atomic E-state index is -0.446. The number of rotatable bonds is 4. The number of anilines is 1. The maximum Gasteiger partial charge on any atom is 0.274 e. The molecular formula is C26H22N8O. The molecule has 3 N–H and O–H groups in total. The van der Waals surface area contributed by atoms with Crippen molar-refractivity contribution in [2.24, 2.45) is 7.05 Å². The standard InChI is InChI=1S/C26H22N8O/c1-17(31-26(35)23-25(27)29-14-13-28-23)22-24(19-7-4-3-5-8-19)34-20(9-6-10-21(34)32-22)12-11-18-15-30-33(2)16-18/h3-10,13-17H,1-2H3,(H2,27,29)(H,31,35)/t17-/m0/s1. The van der Waals surface area contributed by atoms with Gasteiger partial charge in [-0.3, -0.25) is 13.9 Å². The van der Waals surface area contributed by atoms with Gasteiger partial charge in [-0.15, -0.1) is 0 Å². The van der Waals surface area contributed by atoms with Gasteiger partial charge in [-0.25, -0.2) is 15.0 Å². The summed E-state index contributed by atoms with van der Waals surface area (Å²) in [4.78, 5) is 25.8. The maximum absolute atomic E-state index is 12.9. The molecule has 9 heteroatoms. The van der Waals surface area contributed by atoms with Gasteiger partial charge in [-0.1, -0.05) is 42.3 Å². The molecule has 0 radical (unpaired) electrons. The van der Waals surface area contributed by atoms with Crippen molar-refractivity contribution in [1.82, 2.24) is 34.4 Å². The summed E-state index contributed by atoms with van der Waals surface area (Å²) < 4.78 is 3.72. The molecule has 172 valence electrons. The first kappa shape index (κ1) is 21.9. The molecule has 0 spiro atoms. The molecule has 0 aliphatic heterocycles. The first-order chi connectivity index (χ1) is 17.0. The molecular weight excluding hydrogens is 440 g/mol. The van der Waals surface area contributed by atoms with Gasteiger partial charge in [0.05, 0.1) is 34.9 Å². The number of pyridine rings is 1. The van der Waals surface area contributed by atoms with Gasteiger partial charge in [0, 0.05) is 31.2 Å². The van der Waals surface area contributed by atoms with E-state index in [1.54, 1.807) is 10.9 Å². The minimum absolute atomic E-state index is 0.0726. The highest BCUT2D eigenvalue weighted by Crippen LogP contribution is 2.30. The summed E-state index contributed by atoms with van der Waals surface area (Å²) in [6.45, 7) is 1.87. The van der Waals surface area contributed by atoms with E-state index in [2.05, 4.69) is 32.2 Å². The summed E-state index contributed by atoms with van der Waals surface area (Å²) in [5, 5.41) is 7.14. The summed E-state index contributed by atoms with van der Waals surface area (Å²) >= 11 is 0. The number of nitrogens with two attached hydrogens (primary N) is 1. The molecule has 0 bridgehead atoms. The van der Waals surface area contributed by atoms with E-state index in [0.29, 0.717) is 5.69 Å². The van der Waals surface area contributed by atoms with E-state index in [1.807, 2.05) is 73.1 Å². The molecule has 0 aliphatic carbocycles. The Balaban J connectivity index is 1.62. The third-order valence-corrected chi connectivity index (χ3v) is 5.46. The monoisotopic (exact) mass is 462 g/mol. The number of amides is 1. The summed E-state index contributed by atoms with van der Waals surface area (Å²) in [6, 6.07) is 15.2. The van der Waals surface area contributed by atoms with Crippen LogP contribution in [0.1, 0.15) is 40.4 Å². The second-order valence-electron chi connectivity index (χ2n) is 7.95. The lowest BCUT2D eigenvalue weighted by Gasteiger charge is -2.15. The van der Waals surface area contributed by atoms with Crippen molar-refractivity contribution in [3.05, 3.63) is 96.0 Å². The van der Waals surface area contributed by atoms with Crippen LogP contribution in [0.3, 0.4) is 0 Å². The lowest BCUT2D eigenvalue weighted by molar-refractivity contribution is 0.0935. The molecule has 5 aromatic rings. The topological polar surface area (TPSA) is 116 Å². The predicted molar refractivity (Wildman–Crippen MR) is 132 cm³/mol. The van der Waals surface area contributed by atoms with E-state index in [0.717, 1.165) is 28.2 Å². The Hall–Kier alpha value is -4.97. The van der Waals surface area contributed by atoms with E-state index in [-0.39, 0.29) is 11.5 Å². The van der Waals surface area contributed by atoms with Gasteiger partial charge in [0.15, 0.2) is 11.5 Å². The van der Waals surface area contributed by atoms with Gasteiger partial charge in [0.2, 0.25) is 0 Å². The van der Waals surface area contributed by atoms with Crippen LogP contribution in [-0.2, 0) is 7.05 Å². The Labute approximate surface area is 201 Å². The molecule has 1 atom stereocenters. The third-order valence-electron chi connectivity index (χ3n) is 5.46. The summed E-state index contributed by atoms with van der Waals surface area (Å²) in [5.41, 5.74) is 10.7. The number of carbonyl (C=O) groups excluding carboxylic acids is 1. The molecule has 0 fully saturated rings. The normalized spacial score (nSPS) is 11.6. The molecule has 0 saturated carbocycles. The first-order valence-electron chi connectivity index (χ1n) is 11.0. The van der Waals surface area contributed by atoms with Crippen molar-refractivity contribution in [2.45, 2.75) is 13.0 Å². The molecule has 5 rings (SSSR count). The lowest BCUT2D eigenvalue weighted by Crippen LogP contribution is -2.29. The number of aryl methyl sites for hydroxylation is 1. The summed E-state index contributed by atoms with van der Waals surface area (Å²) in [5.74, 6) is 6.07. The number of carbonyl (C=O) groups is 1. The second-order valence-corrected chi connectivity index (χ2v) is 7.95. The van der Waals surface area contributed by atoms with Crippen LogP contribution in [0.4, 0.5) is 5.82 Å². The van der Waals surface area contributed by atoms with E-state index >= 15 is 0 Å². The van der Waals surface area contributed by atoms with Crippen LogP contribution < -0.4 is 11.1 Å². The van der Waals surface area contributed by atoms with Crippen molar-refractivity contribution in [2.75, 3.05) is 5.73 Å². The minimum Gasteiger partial charge on any atom is -0.382 e. The fraction of sp³-hybridized carbons (Fsp3) is 0.115. The Morgan fingerprint density at radius 3 is 2.60 bits per heavy atom. The van der Waals surface area contributed by atoms with Crippen LogP contribution >= 0.6 is 0 Å².